The minimum absolute atomic E-state index is 0.238. The number of rotatable bonds is 5. The first-order valence-electron chi connectivity index (χ1n) is 8.19. The molecule has 1 atom stereocenters. The number of carbonyl (C=O) groups excluding carboxylic acids is 1. The molecule has 0 spiro atoms. The van der Waals surface area contributed by atoms with Crippen LogP contribution in [0, 0.1) is 11.8 Å². The van der Waals surface area contributed by atoms with E-state index in [1.54, 1.807) is 0 Å². The van der Waals surface area contributed by atoms with Crippen LogP contribution in [0.4, 0.5) is 0 Å². The summed E-state index contributed by atoms with van der Waals surface area (Å²) in [7, 11) is 0. The average molecular weight is 266 g/mol. The number of carbonyl (C=O) groups is 1. The molecule has 110 valence electrons. The van der Waals surface area contributed by atoms with E-state index in [4.69, 9.17) is 0 Å². The molecule has 0 bridgehead atoms. The number of hydrogen-bond acceptors (Lipinski definition) is 2. The molecular weight excluding hydrogens is 236 g/mol. The van der Waals surface area contributed by atoms with Crippen molar-refractivity contribution in [2.45, 2.75) is 64.8 Å². The number of piperidine rings is 1. The molecule has 0 aromatic rings. The average Bonchev–Trinajstić information content (AvgIpc) is 2.93. The summed E-state index contributed by atoms with van der Waals surface area (Å²) in [5.74, 6) is 1.35. The maximum atomic E-state index is 12.8. The summed E-state index contributed by atoms with van der Waals surface area (Å²) < 4.78 is 0. The molecule has 1 saturated carbocycles. The standard InChI is InChI=1S/C16H30N2O/c1-13(2)9-11-18(15-7-3-4-8-15)16(19)14-6-5-10-17-12-14/h13-15,17H,3-12H2,1-2H3/t14-/m1/s1. The van der Waals surface area contributed by atoms with Crippen LogP contribution in [0.2, 0.25) is 0 Å². The highest BCUT2D eigenvalue weighted by Crippen LogP contribution is 2.26. The molecule has 1 heterocycles. The minimum Gasteiger partial charge on any atom is -0.339 e. The van der Waals surface area contributed by atoms with Gasteiger partial charge in [-0.15, -0.1) is 0 Å². The van der Waals surface area contributed by atoms with Crippen LogP contribution in [0.25, 0.3) is 0 Å². The second-order valence-electron chi connectivity index (χ2n) is 6.70. The molecule has 1 aliphatic carbocycles. The summed E-state index contributed by atoms with van der Waals surface area (Å²) in [4.78, 5) is 15.0. The van der Waals surface area contributed by atoms with E-state index in [2.05, 4.69) is 24.1 Å². The predicted octanol–water partition coefficient (Wildman–Crippen LogP) is 2.80. The Morgan fingerprint density at radius 3 is 2.53 bits per heavy atom. The van der Waals surface area contributed by atoms with Crippen molar-refractivity contribution in [3.63, 3.8) is 0 Å². The molecule has 1 amide bonds. The van der Waals surface area contributed by atoms with Crippen molar-refractivity contribution in [1.82, 2.24) is 10.2 Å². The van der Waals surface area contributed by atoms with Gasteiger partial charge in [0, 0.05) is 19.1 Å². The topological polar surface area (TPSA) is 32.3 Å². The van der Waals surface area contributed by atoms with Crippen LogP contribution < -0.4 is 5.32 Å². The molecule has 0 radical (unpaired) electrons. The zero-order valence-electron chi connectivity index (χ0n) is 12.7. The summed E-state index contributed by atoms with van der Waals surface area (Å²) >= 11 is 0. The SMILES string of the molecule is CC(C)CCN(C(=O)[C@@H]1CCCNC1)C1CCCC1. The Kier molecular flexibility index (Phi) is 5.68. The fourth-order valence-corrected chi connectivity index (χ4v) is 3.38. The Morgan fingerprint density at radius 2 is 1.95 bits per heavy atom. The van der Waals surface area contributed by atoms with Gasteiger partial charge in [-0.3, -0.25) is 4.79 Å². The lowest BCUT2D eigenvalue weighted by Crippen LogP contribution is -2.47. The van der Waals surface area contributed by atoms with Crippen molar-refractivity contribution in [2.75, 3.05) is 19.6 Å². The molecule has 1 N–H and O–H groups in total. The third-order valence-electron chi connectivity index (χ3n) is 4.64. The van der Waals surface area contributed by atoms with Gasteiger partial charge >= 0.3 is 0 Å². The van der Waals surface area contributed by atoms with Crippen LogP contribution in [-0.2, 0) is 4.79 Å². The van der Waals surface area contributed by atoms with Gasteiger partial charge in [0.05, 0.1) is 5.92 Å². The quantitative estimate of drug-likeness (QED) is 0.830. The van der Waals surface area contributed by atoms with Gasteiger partial charge in [0.2, 0.25) is 5.91 Å². The lowest BCUT2D eigenvalue weighted by molar-refractivity contribution is -0.138. The van der Waals surface area contributed by atoms with Gasteiger partial charge in [-0.1, -0.05) is 26.7 Å². The molecule has 2 aliphatic rings. The first-order valence-corrected chi connectivity index (χ1v) is 8.19. The van der Waals surface area contributed by atoms with E-state index >= 15 is 0 Å². The van der Waals surface area contributed by atoms with E-state index in [-0.39, 0.29) is 5.92 Å². The minimum atomic E-state index is 0.238. The van der Waals surface area contributed by atoms with Crippen LogP contribution >= 0.6 is 0 Å². The van der Waals surface area contributed by atoms with Crippen molar-refractivity contribution >= 4 is 5.91 Å². The molecule has 2 fully saturated rings. The molecule has 0 aromatic carbocycles. The van der Waals surface area contributed by atoms with Crippen LogP contribution in [0.15, 0.2) is 0 Å². The number of nitrogens with one attached hydrogen (secondary N) is 1. The summed E-state index contributed by atoms with van der Waals surface area (Å²) in [5, 5.41) is 3.38. The summed E-state index contributed by atoms with van der Waals surface area (Å²) in [6, 6.07) is 0.535. The molecule has 19 heavy (non-hydrogen) atoms. The molecule has 0 unspecified atom stereocenters. The third kappa shape index (κ3) is 4.20. The first kappa shape index (κ1) is 14.8. The first-order chi connectivity index (χ1) is 9.18. The lowest BCUT2D eigenvalue weighted by Gasteiger charge is -2.34. The molecule has 1 saturated heterocycles. The normalized spacial score (nSPS) is 24.9. The van der Waals surface area contributed by atoms with Crippen LogP contribution in [-0.4, -0.2) is 36.5 Å². The van der Waals surface area contributed by atoms with Gasteiger partial charge in [-0.2, -0.15) is 0 Å². The van der Waals surface area contributed by atoms with Gasteiger partial charge in [-0.25, -0.2) is 0 Å². The molecule has 2 rings (SSSR count). The zero-order valence-corrected chi connectivity index (χ0v) is 12.7. The van der Waals surface area contributed by atoms with E-state index < -0.39 is 0 Å². The second-order valence-corrected chi connectivity index (χ2v) is 6.70. The van der Waals surface area contributed by atoms with Crippen molar-refractivity contribution in [3.05, 3.63) is 0 Å². The Bertz CT molecular complexity index is 278. The Morgan fingerprint density at radius 1 is 1.21 bits per heavy atom. The summed E-state index contributed by atoms with van der Waals surface area (Å²) in [6.07, 6.45) is 8.43. The molecule has 0 aromatic heterocycles. The smallest absolute Gasteiger partial charge is 0.227 e. The van der Waals surface area contributed by atoms with Crippen LogP contribution in [0.3, 0.4) is 0 Å². The molecule has 3 nitrogen and oxygen atoms in total. The highest BCUT2D eigenvalue weighted by atomic mass is 16.2. The molecule has 3 heteroatoms. The molecule has 1 aliphatic heterocycles. The van der Waals surface area contributed by atoms with E-state index in [1.165, 1.54) is 25.7 Å². The summed E-state index contributed by atoms with van der Waals surface area (Å²) in [5.41, 5.74) is 0. The van der Waals surface area contributed by atoms with E-state index in [9.17, 15) is 4.79 Å². The third-order valence-corrected chi connectivity index (χ3v) is 4.64. The fraction of sp³-hybridized carbons (Fsp3) is 0.938. The van der Waals surface area contributed by atoms with E-state index in [0.717, 1.165) is 38.9 Å². The second kappa shape index (κ2) is 7.28. The van der Waals surface area contributed by atoms with Crippen molar-refractivity contribution in [2.24, 2.45) is 11.8 Å². The van der Waals surface area contributed by atoms with Crippen LogP contribution in [0.5, 0.6) is 0 Å². The zero-order chi connectivity index (χ0) is 13.7. The Balaban J connectivity index is 1.95. The maximum absolute atomic E-state index is 12.8. The van der Waals surface area contributed by atoms with E-state index in [1.807, 2.05) is 0 Å². The van der Waals surface area contributed by atoms with Gasteiger partial charge in [0.25, 0.3) is 0 Å². The van der Waals surface area contributed by atoms with E-state index in [0.29, 0.717) is 17.9 Å². The highest BCUT2D eigenvalue weighted by Gasteiger charge is 2.31. The predicted molar refractivity (Wildman–Crippen MR) is 79.0 cm³/mol. The van der Waals surface area contributed by atoms with Gasteiger partial charge in [0.15, 0.2) is 0 Å². The van der Waals surface area contributed by atoms with Gasteiger partial charge in [-0.05, 0) is 44.6 Å². The van der Waals surface area contributed by atoms with Crippen molar-refractivity contribution < 1.29 is 4.79 Å². The van der Waals surface area contributed by atoms with Gasteiger partial charge in [0.1, 0.15) is 0 Å². The Labute approximate surface area is 118 Å². The monoisotopic (exact) mass is 266 g/mol. The van der Waals surface area contributed by atoms with Crippen LogP contribution in [0.1, 0.15) is 58.8 Å². The number of nitrogens with zero attached hydrogens (tertiary/aromatic N) is 1. The highest BCUT2D eigenvalue weighted by molar-refractivity contribution is 5.79. The van der Waals surface area contributed by atoms with Crippen molar-refractivity contribution in [3.8, 4) is 0 Å². The summed E-state index contributed by atoms with van der Waals surface area (Å²) in [6.45, 7) is 7.44. The Hall–Kier alpha value is -0.570. The number of amides is 1. The van der Waals surface area contributed by atoms with Gasteiger partial charge < -0.3 is 10.2 Å². The number of hydrogen-bond donors (Lipinski definition) is 1. The largest absolute Gasteiger partial charge is 0.339 e. The maximum Gasteiger partial charge on any atom is 0.227 e. The van der Waals surface area contributed by atoms with Crippen molar-refractivity contribution in [1.29, 1.82) is 0 Å². The fourth-order valence-electron chi connectivity index (χ4n) is 3.38. The molecular formula is C16H30N2O. The lowest BCUT2D eigenvalue weighted by atomic mass is 9.96.